The van der Waals surface area contributed by atoms with Gasteiger partial charge in [-0.05, 0) is 50.0 Å². The number of piperidine rings is 1. The molecule has 4 N–H and O–H groups in total. The van der Waals surface area contributed by atoms with E-state index in [1.165, 1.54) is 0 Å². The van der Waals surface area contributed by atoms with Gasteiger partial charge in [0.1, 0.15) is 6.04 Å². The molecule has 4 atom stereocenters. The smallest absolute Gasteiger partial charge is 0.325 e. The topological polar surface area (TPSA) is 107 Å². The molecule has 7 heteroatoms. The second-order valence-corrected chi connectivity index (χ2v) is 7.28. The molecule has 0 bridgehead atoms. The number of nitrogens with one attached hydrogen (secondary N) is 1. The van der Waals surface area contributed by atoms with E-state index in [1.54, 1.807) is 0 Å². The van der Waals surface area contributed by atoms with Crippen LogP contribution >= 0.6 is 7.60 Å². The van der Waals surface area contributed by atoms with Gasteiger partial charge in [-0.15, -0.1) is 0 Å². The average molecular weight is 277 g/mol. The van der Waals surface area contributed by atoms with Crippen molar-refractivity contribution in [2.24, 2.45) is 17.8 Å². The van der Waals surface area contributed by atoms with Crippen LogP contribution in [0, 0.1) is 17.8 Å². The number of rotatable bonds is 3. The summed E-state index contributed by atoms with van der Waals surface area (Å²) < 4.78 is 11.0. The van der Waals surface area contributed by atoms with Gasteiger partial charge >= 0.3 is 13.6 Å². The van der Waals surface area contributed by atoms with Crippen LogP contribution in [0.15, 0.2) is 0 Å². The summed E-state index contributed by atoms with van der Waals surface area (Å²) in [7, 11) is -3.95. The summed E-state index contributed by atoms with van der Waals surface area (Å²) in [4.78, 5) is 29.0. The fraction of sp³-hybridized carbons (Fsp3) is 0.909. The van der Waals surface area contributed by atoms with Crippen LogP contribution in [0.4, 0.5) is 0 Å². The molecule has 1 aliphatic heterocycles. The van der Waals surface area contributed by atoms with Gasteiger partial charge in [-0.2, -0.15) is 0 Å². The molecular weight excluding hydrogens is 257 g/mol. The van der Waals surface area contributed by atoms with E-state index in [1.807, 2.05) is 0 Å². The van der Waals surface area contributed by atoms with Gasteiger partial charge < -0.3 is 20.2 Å². The fourth-order valence-electron chi connectivity index (χ4n) is 3.35. The van der Waals surface area contributed by atoms with Crippen LogP contribution in [0.3, 0.4) is 0 Å². The molecule has 6 nitrogen and oxygen atoms in total. The lowest BCUT2D eigenvalue weighted by molar-refractivity contribution is -0.141. The summed E-state index contributed by atoms with van der Waals surface area (Å²) in [5.74, 6) is -0.0311. The van der Waals surface area contributed by atoms with E-state index < -0.39 is 19.6 Å². The van der Waals surface area contributed by atoms with Crippen LogP contribution in [0.2, 0.25) is 0 Å². The Kier molecular flexibility index (Phi) is 4.11. The van der Waals surface area contributed by atoms with Gasteiger partial charge in [0, 0.05) is 0 Å². The van der Waals surface area contributed by atoms with Crippen LogP contribution in [0.1, 0.15) is 25.7 Å². The standard InChI is InChI=1S/C11H20NO5P/c13-11(14)10-4-9-3-7(6-18(15,16)17)1-2-8(9)5-12-10/h7-10,12H,1-6H2,(H,13,14)(H2,15,16,17)/t7?,8-,9-,10+/m1/s1. The molecule has 0 aromatic rings. The lowest BCUT2D eigenvalue weighted by Crippen LogP contribution is -2.49. The third-order valence-electron chi connectivity index (χ3n) is 4.21. The molecule has 0 radical (unpaired) electrons. The summed E-state index contributed by atoms with van der Waals surface area (Å²) in [6.45, 7) is 0.713. The molecule has 2 aliphatic rings. The van der Waals surface area contributed by atoms with Crippen molar-refractivity contribution in [1.29, 1.82) is 0 Å². The first-order valence-electron chi connectivity index (χ1n) is 6.36. The van der Waals surface area contributed by atoms with Crippen molar-refractivity contribution in [2.45, 2.75) is 31.7 Å². The lowest BCUT2D eigenvalue weighted by Gasteiger charge is -2.41. The van der Waals surface area contributed by atoms with Gasteiger partial charge in [0.25, 0.3) is 0 Å². The van der Waals surface area contributed by atoms with E-state index in [-0.39, 0.29) is 18.0 Å². The Morgan fingerprint density at radius 3 is 2.56 bits per heavy atom. The van der Waals surface area contributed by atoms with Crippen molar-refractivity contribution < 1.29 is 24.3 Å². The molecule has 2 fully saturated rings. The highest BCUT2D eigenvalue weighted by Crippen LogP contribution is 2.45. The van der Waals surface area contributed by atoms with Gasteiger partial charge in [-0.1, -0.05) is 0 Å². The second kappa shape index (κ2) is 5.29. The van der Waals surface area contributed by atoms with E-state index >= 15 is 0 Å². The van der Waals surface area contributed by atoms with Gasteiger partial charge in [0.2, 0.25) is 0 Å². The summed E-state index contributed by atoms with van der Waals surface area (Å²) in [6, 6.07) is -0.500. The Morgan fingerprint density at radius 1 is 1.22 bits per heavy atom. The normalized spacial score (nSPS) is 37.0. The number of carboxylic acids is 1. The molecule has 1 unspecified atom stereocenters. The molecule has 1 saturated carbocycles. The molecule has 0 aromatic heterocycles. The number of aliphatic carboxylic acids is 1. The first-order chi connectivity index (χ1) is 8.35. The van der Waals surface area contributed by atoms with Gasteiger partial charge in [-0.3, -0.25) is 9.36 Å². The molecule has 1 aliphatic carbocycles. The quantitative estimate of drug-likeness (QED) is 0.564. The summed E-state index contributed by atoms with van der Waals surface area (Å²) in [5.41, 5.74) is 0. The number of fused-ring (bicyclic) bond motifs is 1. The van der Waals surface area contributed by atoms with Crippen molar-refractivity contribution >= 4 is 13.6 Å². The van der Waals surface area contributed by atoms with E-state index in [4.69, 9.17) is 14.9 Å². The summed E-state index contributed by atoms with van der Waals surface area (Å²) in [5, 5.41) is 12.0. The minimum absolute atomic E-state index is 0.0413. The average Bonchev–Trinajstić information content (AvgIpc) is 2.25. The maximum Gasteiger partial charge on any atom is 0.325 e. The molecule has 0 aromatic carbocycles. The Balaban J connectivity index is 1.93. The second-order valence-electron chi connectivity index (χ2n) is 5.58. The summed E-state index contributed by atoms with van der Waals surface area (Å²) >= 11 is 0. The third kappa shape index (κ3) is 3.54. The molecule has 1 heterocycles. The first-order valence-corrected chi connectivity index (χ1v) is 8.15. The van der Waals surface area contributed by atoms with Gasteiger partial charge in [0.15, 0.2) is 0 Å². The zero-order chi connectivity index (χ0) is 13.3. The highest BCUT2D eigenvalue weighted by Gasteiger charge is 2.38. The van der Waals surface area contributed by atoms with E-state index in [0.717, 1.165) is 19.3 Å². The van der Waals surface area contributed by atoms with E-state index in [9.17, 15) is 9.36 Å². The van der Waals surface area contributed by atoms with Crippen molar-refractivity contribution in [3.63, 3.8) is 0 Å². The fourth-order valence-corrected chi connectivity index (χ4v) is 4.36. The number of hydrogen-bond acceptors (Lipinski definition) is 3. The molecule has 18 heavy (non-hydrogen) atoms. The van der Waals surface area contributed by atoms with E-state index in [2.05, 4.69) is 5.32 Å². The largest absolute Gasteiger partial charge is 0.480 e. The Hall–Kier alpha value is -0.420. The monoisotopic (exact) mass is 277 g/mol. The zero-order valence-electron chi connectivity index (χ0n) is 10.2. The first kappa shape index (κ1) is 14.0. The molecular formula is C11H20NO5P. The predicted molar refractivity (Wildman–Crippen MR) is 65.3 cm³/mol. The minimum atomic E-state index is -3.95. The van der Waals surface area contributed by atoms with Crippen molar-refractivity contribution in [1.82, 2.24) is 5.32 Å². The van der Waals surface area contributed by atoms with Crippen LogP contribution in [0.5, 0.6) is 0 Å². The van der Waals surface area contributed by atoms with Crippen LogP contribution in [0.25, 0.3) is 0 Å². The predicted octanol–water partition coefficient (Wildman–Crippen LogP) is 0.643. The molecule has 0 amide bonds. The number of hydrogen-bond donors (Lipinski definition) is 4. The Labute approximate surface area is 106 Å². The van der Waals surface area contributed by atoms with Crippen LogP contribution in [-0.2, 0) is 9.36 Å². The van der Waals surface area contributed by atoms with Crippen molar-refractivity contribution in [3.8, 4) is 0 Å². The molecule has 2 rings (SSSR count). The van der Waals surface area contributed by atoms with Gasteiger partial charge in [0.05, 0.1) is 6.16 Å². The number of carbonyl (C=O) groups is 1. The highest BCUT2D eigenvalue weighted by molar-refractivity contribution is 7.51. The maximum absolute atomic E-state index is 11.0. The number of carboxylic acid groups (broad SMARTS) is 1. The minimum Gasteiger partial charge on any atom is -0.480 e. The third-order valence-corrected chi connectivity index (χ3v) is 5.20. The van der Waals surface area contributed by atoms with Crippen LogP contribution in [-0.4, -0.2) is 39.6 Å². The van der Waals surface area contributed by atoms with Crippen LogP contribution < -0.4 is 5.32 Å². The summed E-state index contributed by atoms with van der Waals surface area (Å²) in [6.07, 6.45) is 3.06. The van der Waals surface area contributed by atoms with Crippen molar-refractivity contribution in [3.05, 3.63) is 0 Å². The maximum atomic E-state index is 11.0. The van der Waals surface area contributed by atoms with Crippen molar-refractivity contribution in [2.75, 3.05) is 12.7 Å². The van der Waals surface area contributed by atoms with Gasteiger partial charge in [-0.25, -0.2) is 0 Å². The lowest BCUT2D eigenvalue weighted by atomic mass is 9.70. The Bertz CT molecular complexity index is 368. The SMILES string of the molecule is O=C(O)[C@@H]1C[C@H]2CC(CP(=O)(O)O)CC[C@@H]2CN1. The molecule has 0 spiro atoms. The molecule has 1 saturated heterocycles. The zero-order valence-corrected chi connectivity index (χ0v) is 11.1. The highest BCUT2D eigenvalue weighted by atomic mass is 31.2. The Morgan fingerprint density at radius 2 is 1.94 bits per heavy atom. The molecule has 104 valence electrons. The van der Waals surface area contributed by atoms with E-state index in [0.29, 0.717) is 18.9 Å².